The SMILES string of the molecule is CCC1CCCCN1c1ncnc(NNC(=O)c2ccccn2)c1[N+](=O)[O-]. The first-order chi connectivity index (χ1) is 13.1. The summed E-state index contributed by atoms with van der Waals surface area (Å²) in [4.78, 5) is 37.4. The van der Waals surface area contributed by atoms with Gasteiger partial charge >= 0.3 is 5.69 Å². The number of hydrogen-bond acceptors (Lipinski definition) is 8. The number of nitro groups is 1. The zero-order chi connectivity index (χ0) is 19.2. The van der Waals surface area contributed by atoms with Gasteiger partial charge in [0.2, 0.25) is 11.6 Å². The zero-order valence-electron chi connectivity index (χ0n) is 15.0. The number of anilines is 2. The molecule has 0 aliphatic carbocycles. The summed E-state index contributed by atoms with van der Waals surface area (Å²) < 4.78 is 0. The van der Waals surface area contributed by atoms with Crippen LogP contribution in [0.3, 0.4) is 0 Å². The van der Waals surface area contributed by atoms with Gasteiger partial charge in [-0.1, -0.05) is 13.0 Å². The molecule has 1 unspecified atom stereocenters. The number of aromatic nitrogens is 3. The summed E-state index contributed by atoms with van der Waals surface area (Å²) in [7, 11) is 0. The molecular weight excluding hydrogens is 350 g/mol. The fourth-order valence-electron chi connectivity index (χ4n) is 3.22. The van der Waals surface area contributed by atoms with Crippen molar-refractivity contribution in [3.8, 4) is 0 Å². The van der Waals surface area contributed by atoms with Crippen molar-refractivity contribution >= 4 is 23.2 Å². The molecule has 2 aromatic rings. The first-order valence-corrected chi connectivity index (χ1v) is 8.85. The molecule has 1 saturated heterocycles. The van der Waals surface area contributed by atoms with Gasteiger partial charge in [0, 0.05) is 18.8 Å². The van der Waals surface area contributed by atoms with Crippen molar-refractivity contribution in [2.45, 2.75) is 38.6 Å². The van der Waals surface area contributed by atoms with Gasteiger partial charge in [0.25, 0.3) is 5.91 Å². The Labute approximate surface area is 156 Å². The number of rotatable bonds is 6. The lowest BCUT2D eigenvalue weighted by Crippen LogP contribution is -2.40. The van der Waals surface area contributed by atoms with Crippen molar-refractivity contribution < 1.29 is 9.72 Å². The van der Waals surface area contributed by atoms with Crippen molar-refractivity contribution in [2.75, 3.05) is 16.9 Å². The molecule has 2 aromatic heterocycles. The molecular formula is C17H21N7O3. The average Bonchev–Trinajstić information content (AvgIpc) is 2.72. The van der Waals surface area contributed by atoms with Crippen molar-refractivity contribution in [1.82, 2.24) is 20.4 Å². The zero-order valence-corrected chi connectivity index (χ0v) is 15.0. The summed E-state index contributed by atoms with van der Waals surface area (Å²) in [5.74, 6) is -0.305. The normalized spacial score (nSPS) is 16.6. The van der Waals surface area contributed by atoms with Crippen LogP contribution in [0.4, 0.5) is 17.3 Å². The maximum Gasteiger partial charge on any atom is 0.355 e. The summed E-state index contributed by atoms with van der Waals surface area (Å²) in [6.07, 6.45) is 6.65. The quantitative estimate of drug-likeness (QED) is 0.585. The molecule has 1 aliphatic heterocycles. The molecule has 10 nitrogen and oxygen atoms in total. The first-order valence-electron chi connectivity index (χ1n) is 8.85. The predicted octanol–water partition coefficient (Wildman–Crippen LogP) is 2.31. The van der Waals surface area contributed by atoms with Gasteiger partial charge in [-0.25, -0.2) is 9.97 Å². The van der Waals surface area contributed by atoms with Crippen molar-refractivity contribution in [2.24, 2.45) is 0 Å². The maximum atomic E-state index is 12.1. The standard InChI is InChI=1S/C17H21N7O3/c1-2-12-7-4-6-10-23(12)16-14(24(26)27)15(19-11-20-16)21-22-17(25)13-8-3-5-9-18-13/h3,5,8-9,11-12H,2,4,6-7,10H2,1H3,(H,22,25)(H,19,20,21). The molecule has 3 heterocycles. The topological polar surface area (TPSA) is 126 Å². The van der Waals surface area contributed by atoms with E-state index >= 15 is 0 Å². The van der Waals surface area contributed by atoms with Crippen LogP contribution in [-0.4, -0.2) is 38.4 Å². The third kappa shape index (κ3) is 4.10. The Hall–Kier alpha value is -3.30. The fraction of sp³-hybridized carbons (Fsp3) is 0.412. The fourth-order valence-corrected chi connectivity index (χ4v) is 3.22. The van der Waals surface area contributed by atoms with E-state index in [-0.39, 0.29) is 29.1 Å². The highest BCUT2D eigenvalue weighted by Gasteiger charge is 2.32. The number of piperidine rings is 1. The van der Waals surface area contributed by atoms with E-state index in [1.165, 1.54) is 18.6 Å². The first kappa shape index (κ1) is 18.5. The number of amides is 1. The van der Waals surface area contributed by atoms with Gasteiger partial charge in [-0.05, 0) is 37.8 Å². The van der Waals surface area contributed by atoms with E-state index in [4.69, 9.17) is 0 Å². The summed E-state index contributed by atoms with van der Waals surface area (Å²) in [6, 6.07) is 5.10. The number of hydrogen-bond donors (Lipinski definition) is 2. The van der Waals surface area contributed by atoms with Crippen LogP contribution in [0.5, 0.6) is 0 Å². The number of nitrogens with zero attached hydrogens (tertiary/aromatic N) is 5. The van der Waals surface area contributed by atoms with E-state index in [1.54, 1.807) is 12.1 Å². The number of hydrazine groups is 1. The lowest BCUT2D eigenvalue weighted by atomic mass is 10.00. The second-order valence-corrected chi connectivity index (χ2v) is 6.20. The molecule has 0 aromatic carbocycles. The molecule has 142 valence electrons. The minimum atomic E-state index is -0.522. The smallest absolute Gasteiger partial charge is 0.348 e. The van der Waals surface area contributed by atoms with Crippen LogP contribution in [0.25, 0.3) is 0 Å². The molecule has 1 aliphatic rings. The van der Waals surface area contributed by atoms with Gasteiger partial charge in [0.05, 0.1) is 4.92 Å². The summed E-state index contributed by atoms with van der Waals surface area (Å²) >= 11 is 0. The van der Waals surface area contributed by atoms with Gasteiger partial charge in [0.1, 0.15) is 12.0 Å². The highest BCUT2D eigenvalue weighted by molar-refractivity contribution is 5.93. The molecule has 0 spiro atoms. The van der Waals surface area contributed by atoms with Crippen LogP contribution < -0.4 is 15.8 Å². The van der Waals surface area contributed by atoms with Gasteiger partial charge < -0.3 is 4.90 Å². The van der Waals surface area contributed by atoms with Crippen LogP contribution >= 0.6 is 0 Å². The van der Waals surface area contributed by atoms with E-state index in [9.17, 15) is 14.9 Å². The average molecular weight is 371 g/mol. The Morgan fingerprint density at radius 2 is 2.19 bits per heavy atom. The van der Waals surface area contributed by atoms with Crippen molar-refractivity contribution in [3.63, 3.8) is 0 Å². The Morgan fingerprint density at radius 1 is 1.33 bits per heavy atom. The monoisotopic (exact) mass is 371 g/mol. The van der Waals surface area contributed by atoms with Crippen LogP contribution in [0.1, 0.15) is 43.1 Å². The third-order valence-corrected chi connectivity index (χ3v) is 4.55. The predicted molar refractivity (Wildman–Crippen MR) is 99.3 cm³/mol. The number of carbonyl (C=O) groups excluding carboxylic acids is 1. The highest BCUT2D eigenvalue weighted by atomic mass is 16.6. The Balaban J connectivity index is 1.85. The molecule has 0 bridgehead atoms. The molecule has 1 amide bonds. The second kappa shape index (κ2) is 8.39. The molecule has 1 atom stereocenters. The lowest BCUT2D eigenvalue weighted by molar-refractivity contribution is -0.383. The maximum absolute atomic E-state index is 12.1. The molecule has 3 rings (SSSR count). The molecule has 0 saturated carbocycles. The largest absolute Gasteiger partial charge is 0.355 e. The Morgan fingerprint density at radius 3 is 2.89 bits per heavy atom. The van der Waals surface area contributed by atoms with E-state index in [0.29, 0.717) is 6.54 Å². The van der Waals surface area contributed by atoms with Crippen molar-refractivity contribution in [3.05, 3.63) is 46.5 Å². The molecule has 1 fully saturated rings. The second-order valence-electron chi connectivity index (χ2n) is 6.20. The van der Waals surface area contributed by atoms with Crippen LogP contribution in [0, 0.1) is 10.1 Å². The molecule has 0 radical (unpaired) electrons. The number of carbonyl (C=O) groups is 1. The minimum absolute atomic E-state index is 0.0605. The highest BCUT2D eigenvalue weighted by Crippen LogP contribution is 2.35. The number of nitrogens with one attached hydrogen (secondary N) is 2. The van der Waals surface area contributed by atoms with Gasteiger partial charge in [-0.3, -0.25) is 30.7 Å². The van der Waals surface area contributed by atoms with E-state index in [2.05, 4.69) is 32.7 Å². The van der Waals surface area contributed by atoms with Crippen molar-refractivity contribution in [1.29, 1.82) is 0 Å². The van der Waals surface area contributed by atoms with Crippen LogP contribution in [-0.2, 0) is 0 Å². The minimum Gasteiger partial charge on any atom is -0.348 e. The van der Waals surface area contributed by atoms with Gasteiger partial charge in [-0.2, -0.15) is 0 Å². The van der Waals surface area contributed by atoms with Crippen LogP contribution in [0.2, 0.25) is 0 Å². The summed E-state index contributed by atoms with van der Waals surface area (Å²) in [6.45, 7) is 2.76. The molecule has 27 heavy (non-hydrogen) atoms. The Bertz CT molecular complexity index is 815. The lowest BCUT2D eigenvalue weighted by Gasteiger charge is -2.35. The Kier molecular flexibility index (Phi) is 5.74. The van der Waals surface area contributed by atoms with E-state index in [1.807, 2.05) is 4.90 Å². The van der Waals surface area contributed by atoms with E-state index < -0.39 is 10.8 Å². The molecule has 10 heteroatoms. The van der Waals surface area contributed by atoms with Crippen LogP contribution in [0.15, 0.2) is 30.7 Å². The number of pyridine rings is 1. The summed E-state index contributed by atoms with van der Waals surface area (Å²) in [5.41, 5.74) is 4.88. The van der Waals surface area contributed by atoms with Gasteiger partial charge in [0.15, 0.2) is 0 Å². The summed E-state index contributed by atoms with van der Waals surface area (Å²) in [5, 5.41) is 11.7. The van der Waals surface area contributed by atoms with E-state index in [0.717, 1.165) is 25.7 Å². The molecule has 2 N–H and O–H groups in total. The van der Waals surface area contributed by atoms with Gasteiger partial charge in [-0.15, -0.1) is 0 Å². The third-order valence-electron chi connectivity index (χ3n) is 4.55.